The average Bonchev–Trinajstić information content (AvgIpc) is 3.57. The van der Waals surface area contributed by atoms with Crippen LogP contribution in [0.4, 0.5) is 0 Å². The minimum absolute atomic E-state index is 0.0327. The Bertz CT molecular complexity index is 1360. The van der Waals surface area contributed by atoms with Crippen molar-refractivity contribution in [2.45, 2.75) is 19.4 Å². The Labute approximate surface area is 173 Å². The second kappa shape index (κ2) is 7.20. The zero-order valence-corrected chi connectivity index (χ0v) is 16.6. The van der Waals surface area contributed by atoms with E-state index in [0.717, 1.165) is 28.7 Å². The van der Waals surface area contributed by atoms with Gasteiger partial charge in [-0.2, -0.15) is 5.26 Å². The maximum Gasteiger partial charge on any atom is 0.328 e. The van der Waals surface area contributed by atoms with E-state index >= 15 is 0 Å². The van der Waals surface area contributed by atoms with Crippen LogP contribution in [-0.2, 0) is 13.6 Å². The molecule has 0 radical (unpaired) electrons. The number of benzene rings is 2. The van der Waals surface area contributed by atoms with Crippen LogP contribution in [0.1, 0.15) is 18.4 Å². The number of hydrogen-bond acceptors (Lipinski definition) is 4. The SMILES string of the molecule is Cn1c(=O)n(CC2CC2)c2ccc(-c3cccc(Oc4ncccc4C#N)c3)cc21. The summed E-state index contributed by atoms with van der Waals surface area (Å²) in [6.45, 7) is 0.796. The summed E-state index contributed by atoms with van der Waals surface area (Å²) in [5.74, 6) is 1.52. The van der Waals surface area contributed by atoms with Crippen LogP contribution in [0.2, 0.25) is 0 Å². The summed E-state index contributed by atoms with van der Waals surface area (Å²) in [7, 11) is 1.82. The van der Waals surface area contributed by atoms with E-state index in [9.17, 15) is 10.1 Å². The number of hydrogen-bond donors (Lipinski definition) is 0. The Balaban J connectivity index is 1.51. The second-order valence-electron chi connectivity index (χ2n) is 7.70. The third-order valence-electron chi connectivity index (χ3n) is 5.56. The fourth-order valence-electron chi connectivity index (χ4n) is 3.73. The fraction of sp³-hybridized carbons (Fsp3) is 0.208. The lowest BCUT2D eigenvalue weighted by molar-refractivity contribution is 0.461. The van der Waals surface area contributed by atoms with Crippen LogP contribution < -0.4 is 10.4 Å². The number of ether oxygens (including phenoxy) is 1. The Morgan fingerprint density at radius 3 is 2.73 bits per heavy atom. The van der Waals surface area contributed by atoms with Gasteiger partial charge in [0.25, 0.3) is 0 Å². The minimum atomic E-state index is 0.0327. The van der Waals surface area contributed by atoms with Gasteiger partial charge < -0.3 is 4.74 Å². The third kappa shape index (κ3) is 3.25. The van der Waals surface area contributed by atoms with Crippen molar-refractivity contribution >= 4 is 11.0 Å². The molecule has 148 valence electrons. The topological polar surface area (TPSA) is 72.8 Å². The molecule has 6 nitrogen and oxygen atoms in total. The molecule has 4 aromatic rings. The molecule has 1 fully saturated rings. The molecule has 0 saturated heterocycles. The van der Waals surface area contributed by atoms with Gasteiger partial charge in [-0.25, -0.2) is 9.78 Å². The van der Waals surface area contributed by atoms with E-state index < -0.39 is 0 Å². The summed E-state index contributed by atoms with van der Waals surface area (Å²) in [6, 6.07) is 19.2. The molecule has 2 aromatic carbocycles. The number of aryl methyl sites for hydroxylation is 1. The lowest BCUT2D eigenvalue weighted by Gasteiger charge is -2.09. The Hall–Kier alpha value is -3.85. The first-order chi connectivity index (χ1) is 14.6. The van der Waals surface area contributed by atoms with Crippen LogP contribution in [0.3, 0.4) is 0 Å². The van der Waals surface area contributed by atoms with E-state index in [0.29, 0.717) is 17.2 Å². The highest BCUT2D eigenvalue weighted by atomic mass is 16.5. The number of fused-ring (bicyclic) bond motifs is 1. The molecule has 5 rings (SSSR count). The van der Waals surface area contributed by atoms with Gasteiger partial charge in [-0.15, -0.1) is 0 Å². The van der Waals surface area contributed by atoms with Crippen molar-refractivity contribution in [3.63, 3.8) is 0 Å². The minimum Gasteiger partial charge on any atom is -0.438 e. The first-order valence-electron chi connectivity index (χ1n) is 9.97. The van der Waals surface area contributed by atoms with Gasteiger partial charge in [0.1, 0.15) is 17.4 Å². The van der Waals surface area contributed by atoms with E-state index in [4.69, 9.17) is 4.74 Å². The standard InChI is InChI=1S/C24H20N4O2/c1-27-22-13-18(9-10-21(22)28(24(27)29)15-16-7-8-16)17-4-2-6-20(12-17)30-23-19(14-25)5-3-11-26-23/h2-6,9-13,16H,7-8,15H2,1H3. The highest BCUT2D eigenvalue weighted by Crippen LogP contribution is 2.33. The maximum atomic E-state index is 12.7. The van der Waals surface area contributed by atoms with Crippen LogP contribution in [0.25, 0.3) is 22.2 Å². The molecule has 0 bridgehead atoms. The lowest BCUT2D eigenvalue weighted by atomic mass is 10.0. The van der Waals surface area contributed by atoms with Gasteiger partial charge in [-0.1, -0.05) is 18.2 Å². The first kappa shape index (κ1) is 18.2. The molecule has 2 aromatic heterocycles. The van der Waals surface area contributed by atoms with Crippen molar-refractivity contribution in [3.8, 4) is 28.8 Å². The lowest BCUT2D eigenvalue weighted by Crippen LogP contribution is -2.22. The van der Waals surface area contributed by atoms with E-state index in [2.05, 4.69) is 11.1 Å². The molecule has 1 aliphatic rings. The van der Waals surface area contributed by atoms with Crippen LogP contribution >= 0.6 is 0 Å². The molecule has 0 spiro atoms. The quantitative estimate of drug-likeness (QED) is 0.499. The zero-order valence-electron chi connectivity index (χ0n) is 16.6. The number of rotatable bonds is 5. The molecular formula is C24H20N4O2. The summed E-state index contributed by atoms with van der Waals surface area (Å²) in [5, 5.41) is 9.24. The fourth-order valence-corrected chi connectivity index (χ4v) is 3.73. The van der Waals surface area contributed by atoms with Crippen molar-refractivity contribution in [1.82, 2.24) is 14.1 Å². The van der Waals surface area contributed by atoms with E-state index in [1.165, 1.54) is 12.8 Å². The summed E-state index contributed by atoms with van der Waals surface area (Å²) in [5.41, 5.74) is 4.26. The normalized spacial score (nSPS) is 13.3. The van der Waals surface area contributed by atoms with E-state index in [1.807, 2.05) is 54.1 Å². The van der Waals surface area contributed by atoms with Gasteiger partial charge >= 0.3 is 5.69 Å². The van der Waals surface area contributed by atoms with Gasteiger partial charge in [0, 0.05) is 19.8 Å². The van der Waals surface area contributed by atoms with Crippen molar-refractivity contribution in [2.24, 2.45) is 13.0 Å². The van der Waals surface area contributed by atoms with Crippen molar-refractivity contribution in [3.05, 3.63) is 76.8 Å². The highest BCUT2D eigenvalue weighted by molar-refractivity contribution is 5.83. The van der Waals surface area contributed by atoms with Gasteiger partial charge in [0.05, 0.1) is 11.0 Å². The summed E-state index contributed by atoms with van der Waals surface area (Å²) in [6.07, 6.45) is 4.01. The molecule has 0 amide bonds. The molecule has 6 heteroatoms. The number of imidazole rings is 1. The van der Waals surface area contributed by atoms with Crippen LogP contribution in [-0.4, -0.2) is 14.1 Å². The molecule has 0 atom stereocenters. The predicted molar refractivity (Wildman–Crippen MR) is 114 cm³/mol. The molecule has 2 heterocycles. The van der Waals surface area contributed by atoms with Gasteiger partial charge in [0.2, 0.25) is 5.88 Å². The predicted octanol–water partition coefficient (Wildman–Crippen LogP) is 4.48. The third-order valence-corrected chi connectivity index (χ3v) is 5.56. The summed E-state index contributed by atoms with van der Waals surface area (Å²) in [4.78, 5) is 16.8. The van der Waals surface area contributed by atoms with Gasteiger partial charge in [0.15, 0.2) is 0 Å². The van der Waals surface area contributed by atoms with Gasteiger partial charge in [-0.05, 0) is 66.3 Å². The van der Waals surface area contributed by atoms with Crippen molar-refractivity contribution in [1.29, 1.82) is 5.26 Å². The van der Waals surface area contributed by atoms with Crippen molar-refractivity contribution in [2.75, 3.05) is 0 Å². The van der Waals surface area contributed by atoms with Crippen LogP contribution in [0.5, 0.6) is 11.6 Å². The van der Waals surface area contributed by atoms with E-state index in [-0.39, 0.29) is 11.6 Å². The molecule has 0 aliphatic heterocycles. The molecule has 1 aliphatic carbocycles. The highest BCUT2D eigenvalue weighted by Gasteiger charge is 2.24. The molecule has 30 heavy (non-hydrogen) atoms. The Morgan fingerprint density at radius 2 is 1.93 bits per heavy atom. The Morgan fingerprint density at radius 1 is 1.10 bits per heavy atom. The number of nitriles is 1. The Kier molecular flexibility index (Phi) is 4.36. The molecule has 0 N–H and O–H groups in total. The zero-order chi connectivity index (χ0) is 20.7. The molecule has 1 saturated carbocycles. The monoisotopic (exact) mass is 396 g/mol. The van der Waals surface area contributed by atoms with E-state index in [1.54, 1.807) is 22.9 Å². The maximum absolute atomic E-state index is 12.7. The summed E-state index contributed by atoms with van der Waals surface area (Å²) >= 11 is 0. The van der Waals surface area contributed by atoms with Crippen LogP contribution in [0, 0.1) is 17.2 Å². The number of aromatic nitrogens is 3. The van der Waals surface area contributed by atoms with Gasteiger partial charge in [-0.3, -0.25) is 9.13 Å². The smallest absolute Gasteiger partial charge is 0.328 e. The molecule has 0 unspecified atom stereocenters. The number of nitrogens with zero attached hydrogens (tertiary/aromatic N) is 4. The van der Waals surface area contributed by atoms with Crippen molar-refractivity contribution < 1.29 is 4.74 Å². The second-order valence-corrected chi connectivity index (χ2v) is 7.70. The molecular weight excluding hydrogens is 376 g/mol. The largest absolute Gasteiger partial charge is 0.438 e. The first-order valence-corrected chi connectivity index (χ1v) is 9.97. The average molecular weight is 396 g/mol. The van der Waals surface area contributed by atoms with Crippen LogP contribution in [0.15, 0.2) is 65.6 Å². The number of pyridine rings is 1. The summed E-state index contributed by atoms with van der Waals surface area (Å²) < 4.78 is 9.46.